The molecule has 180 valence electrons. The molecule has 1 fully saturated rings. The predicted octanol–water partition coefficient (Wildman–Crippen LogP) is 2.58. The summed E-state index contributed by atoms with van der Waals surface area (Å²) in [5.41, 5.74) is 1.45. The van der Waals surface area contributed by atoms with Crippen molar-refractivity contribution in [2.75, 3.05) is 57.1 Å². The summed E-state index contributed by atoms with van der Waals surface area (Å²) in [6, 6.07) is 15.9. The van der Waals surface area contributed by atoms with Crippen LogP contribution in [0.15, 0.2) is 65.8 Å². The van der Waals surface area contributed by atoms with Crippen molar-refractivity contribution in [3.8, 4) is 5.75 Å². The molecule has 0 bridgehead atoms. The second kappa shape index (κ2) is 11.3. The van der Waals surface area contributed by atoms with E-state index in [2.05, 4.69) is 30.2 Å². The molecule has 1 aliphatic heterocycles. The number of sulfonamides is 1. The van der Waals surface area contributed by atoms with E-state index in [0.717, 1.165) is 44.3 Å². The molecule has 1 aliphatic rings. The monoisotopic (exact) mass is 484 g/mol. The average Bonchev–Trinajstić information content (AvgIpc) is 2.86. The first kappa shape index (κ1) is 23.9. The molecular weight excluding hydrogens is 456 g/mol. The van der Waals surface area contributed by atoms with E-state index in [-0.39, 0.29) is 4.90 Å². The molecule has 1 saturated heterocycles. The number of benzene rings is 2. The van der Waals surface area contributed by atoms with Gasteiger partial charge in [0, 0.05) is 37.1 Å². The van der Waals surface area contributed by atoms with Gasteiger partial charge in [0.25, 0.3) is 0 Å². The van der Waals surface area contributed by atoms with Crippen molar-refractivity contribution in [2.24, 2.45) is 0 Å². The van der Waals surface area contributed by atoms with Crippen LogP contribution in [-0.4, -0.2) is 69.8 Å². The van der Waals surface area contributed by atoms with Gasteiger partial charge in [-0.05, 0) is 49.5 Å². The van der Waals surface area contributed by atoms with Gasteiger partial charge in [0.2, 0.25) is 10.0 Å². The molecule has 0 aliphatic carbocycles. The van der Waals surface area contributed by atoms with Gasteiger partial charge >= 0.3 is 0 Å². The van der Waals surface area contributed by atoms with Crippen molar-refractivity contribution in [3.63, 3.8) is 0 Å². The number of aromatic nitrogens is 2. The van der Waals surface area contributed by atoms with Crippen LogP contribution in [0.3, 0.4) is 0 Å². The highest BCUT2D eigenvalue weighted by Gasteiger charge is 2.12. The van der Waals surface area contributed by atoms with Crippen molar-refractivity contribution in [3.05, 3.63) is 60.9 Å². The van der Waals surface area contributed by atoms with E-state index >= 15 is 0 Å². The lowest BCUT2D eigenvalue weighted by molar-refractivity contribution is 0.0322. The average molecular weight is 485 g/mol. The number of nitrogens with one attached hydrogen (secondary N) is 3. The topological polar surface area (TPSA) is 118 Å². The Morgan fingerprint density at radius 1 is 0.971 bits per heavy atom. The maximum absolute atomic E-state index is 12.0. The van der Waals surface area contributed by atoms with E-state index in [4.69, 9.17) is 9.47 Å². The van der Waals surface area contributed by atoms with Crippen LogP contribution in [0.5, 0.6) is 5.75 Å². The van der Waals surface area contributed by atoms with Gasteiger partial charge in [-0.1, -0.05) is 6.07 Å². The van der Waals surface area contributed by atoms with Gasteiger partial charge in [0.15, 0.2) is 0 Å². The van der Waals surface area contributed by atoms with Crippen LogP contribution in [0.4, 0.5) is 23.0 Å². The molecule has 0 radical (unpaired) electrons. The van der Waals surface area contributed by atoms with Gasteiger partial charge in [-0.15, -0.1) is 0 Å². The largest absolute Gasteiger partial charge is 0.492 e. The summed E-state index contributed by atoms with van der Waals surface area (Å²) < 4.78 is 37.6. The first-order valence-corrected chi connectivity index (χ1v) is 12.4. The fraction of sp³-hybridized carbons (Fsp3) is 0.304. The molecule has 0 spiro atoms. The minimum atomic E-state index is -3.53. The van der Waals surface area contributed by atoms with Crippen molar-refractivity contribution >= 4 is 33.0 Å². The Labute approximate surface area is 199 Å². The molecule has 0 amide bonds. The van der Waals surface area contributed by atoms with Crippen LogP contribution < -0.4 is 20.1 Å². The zero-order valence-electron chi connectivity index (χ0n) is 18.9. The second-order valence-corrected chi connectivity index (χ2v) is 9.49. The summed E-state index contributed by atoms with van der Waals surface area (Å²) in [5.74, 6) is 1.93. The zero-order valence-corrected chi connectivity index (χ0v) is 19.7. The maximum Gasteiger partial charge on any atom is 0.240 e. The van der Waals surface area contributed by atoms with Gasteiger partial charge < -0.3 is 20.1 Å². The lowest BCUT2D eigenvalue weighted by Gasteiger charge is -2.26. The van der Waals surface area contributed by atoms with Gasteiger partial charge in [-0.3, -0.25) is 4.90 Å². The number of rotatable bonds is 10. The molecule has 34 heavy (non-hydrogen) atoms. The Kier molecular flexibility index (Phi) is 7.91. The van der Waals surface area contributed by atoms with Gasteiger partial charge in [-0.25, -0.2) is 23.1 Å². The molecule has 1 aromatic heterocycles. The Hall–Kier alpha value is -3.25. The van der Waals surface area contributed by atoms with Crippen molar-refractivity contribution in [1.29, 1.82) is 0 Å². The number of hydrogen-bond donors (Lipinski definition) is 3. The number of anilines is 4. The molecule has 10 nitrogen and oxygen atoms in total. The molecular formula is C23H28N6O4S. The molecule has 11 heteroatoms. The minimum Gasteiger partial charge on any atom is -0.492 e. The second-order valence-electron chi connectivity index (χ2n) is 7.60. The SMILES string of the molecule is CNS(=O)(=O)c1cccc(Nc2cc(Nc3ccc(OCCN4CCOCC4)cc3)ncn2)c1. The van der Waals surface area contributed by atoms with E-state index in [1.54, 1.807) is 24.3 Å². The highest BCUT2D eigenvalue weighted by Crippen LogP contribution is 2.22. The number of hydrogen-bond acceptors (Lipinski definition) is 9. The van der Waals surface area contributed by atoms with Crippen LogP contribution in [0.2, 0.25) is 0 Å². The molecule has 2 heterocycles. The fourth-order valence-corrected chi connectivity index (χ4v) is 4.18. The summed E-state index contributed by atoms with van der Waals surface area (Å²) >= 11 is 0. The third-order valence-electron chi connectivity index (χ3n) is 5.26. The molecule has 0 saturated carbocycles. The number of morpholine rings is 1. The van der Waals surface area contributed by atoms with Gasteiger partial charge in [-0.2, -0.15) is 0 Å². The van der Waals surface area contributed by atoms with Crippen molar-refractivity contribution < 1.29 is 17.9 Å². The summed E-state index contributed by atoms with van der Waals surface area (Å²) in [4.78, 5) is 11.0. The van der Waals surface area contributed by atoms with Crippen LogP contribution in [0, 0.1) is 0 Å². The zero-order chi connectivity index (χ0) is 23.8. The predicted molar refractivity (Wildman–Crippen MR) is 130 cm³/mol. The van der Waals surface area contributed by atoms with Crippen LogP contribution >= 0.6 is 0 Å². The summed E-state index contributed by atoms with van der Waals surface area (Å²) in [6.45, 7) is 4.97. The lowest BCUT2D eigenvalue weighted by Crippen LogP contribution is -2.38. The van der Waals surface area contributed by atoms with Gasteiger partial charge in [0.05, 0.1) is 18.1 Å². The van der Waals surface area contributed by atoms with Gasteiger partial charge in [0.1, 0.15) is 30.3 Å². The summed E-state index contributed by atoms with van der Waals surface area (Å²) in [5, 5.41) is 6.35. The normalized spacial score (nSPS) is 14.5. The Balaban J connectivity index is 1.33. The Morgan fingerprint density at radius 2 is 1.68 bits per heavy atom. The number of ether oxygens (including phenoxy) is 2. The Bertz CT molecular complexity index is 1180. The number of nitrogens with zero attached hydrogens (tertiary/aromatic N) is 3. The quantitative estimate of drug-likeness (QED) is 0.399. The molecule has 0 unspecified atom stereocenters. The fourth-order valence-electron chi connectivity index (χ4n) is 3.40. The Morgan fingerprint density at radius 3 is 2.38 bits per heavy atom. The third-order valence-corrected chi connectivity index (χ3v) is 6.67. The van der Waals surface area contributed by atoms with Crippen LogP contribution in [0.1, 0.15) is 0 Å². The molecule has 0 atom stereocenters. The van der Waals surface area contributed by atoms with Crippen molar-refractivity contribution in [2.45, 2.75) is 4.90 Å². The summed E-state index contributed by atoms with van der Waals surface area (Å²) in [7, 11) is -2.15. The first-order chi connectivity index (χ1) is 16.5. The standard InChI is InChI=1S/C23H28N6O4S/c1-24-34(30,31)21-4-2-3-19(15-21)28-23-16-22(25-17-26-23)27-18-5-7-20(8-6-18)33-14-11-29-9-12-32-13-10-29/h2-8,15-17,24H,9-14H2,1H3,(H2,25,26,27,28). The van der Waals surface area contributed by atoms with Crippen molar-refractivity contribution in [1.82, 2.24) is 19.6 Å². The summed E-state index contributed by atoms with van der Waals surface area (Å²) in [6.07, 6.45) is 1.43. The van der Waals surface area contributed by atoms with E-state index < -0.39 is 10.0 Å². The maximum atomic E-state index is 12.0. The molecule has 2 aromatic carbocycles. The molecule has 3 N–H and O–H groups in total. The third kappa shape index (κ3) is 6.64. The van der Waals surface area contributed by atoms with Crippen LogP contribution in [-0.2, 0) is 14.8 Å². The lowest BCUT2D eigenvalue weighted by atomic mass is 10.3. The van der Waals surface area contributed by atoms with Crippen LogP contribution in [0.25, 0.3) is 0 Å². The highest BCUT2D eigenvalue weighted by atomic mass is 32.2. The van der Waals surface area contributed by atoms with E-state index in [1.165, 1.54) is 19.4 Å². The highest BCUT2D eigenvalue weighted by molar-refractivity contribution is 7.89. The van der Waals surface area contributed by atoms with E-state index in [1.807, 2.05) is 24.3 Å². The molecule has 3 aromatic rings. The minimum absolute atomic E-state index is 0.166. The molecule has 4 rings (SSSR count). The smallest absolute Gasteiger partial charge is 0.240 e. The van der Waals surface area contributed by atoms with E-state index in [0.29, 0.717) is 23.9 Å². The van der Waals surface area contributed by atoms with E-state index in [9.17, 15) is 8.42 Å². The first-order valence-electron chi connectivity index (χ1n) is 10.9.